The van der Waals surface area contributed by atoms with Crippen LogP contribution in [0.2, 0.25) is 0 Å². The highest BCUT2D eigenvalue weighted by molar-refractivity contribution is 5.87. The van der Waals surface area contributed by atoms with Crippen LogP contribution in [-0.2, 0) is 12.8 Å². The lowest BCUT2D eigenvalue weighted by molar-refractivity contribution is -0.136. The molecule has 0 bridgehead atoms. The van der Waals surface area contributed by atoms with Crippen LogP contribution in [0.15, 0.2) is 84.9 Å². The van der Waals surface area contributed by atoms with Crippen molar-refractivity contribution in [3.63, 3.8) is 0 Å². The molecule has 3 aromatic carbocycles. The minimum atomic E-state index is -4.58. The number of benzene rings is 3. The number of aryl methyl sites for hydroxylation is 1. The minimum Gasteiger partial charge on any atom is -0.489 e. The summed E-state index contributed by atoms with van der Waals surface area (Å²) in [6.45, 7) is 1.78. The van der Waals surface area contributed by atoms with Crippen LogP contribution >= 0.6 is 0 Å². The quantitative estimate of drug-likeness (QED) is 0.253. The molecule has 5 aromatic rings. The van der Waals surface area contributed by atoms with Gasteiger partial charge in [-0.2, -0.15) is 18.3 Å². The van der Waals surface area contributed by atoms with Crippen molar-refractivity contribution in [3.05, 3.63) is 108 Å². The summed E-state index contributed by atoms with van der Waals surface area (Å²) < 4.78 is 62.3. The topological polar surface area (TPSA) is 39.9 Å². The molecule has 0 saturated carbocycles. The van der Waals surface area contributed by atoms with Crippen LogP contribution in [0.1, 0.15) is 16.8 Å². The molecule has 0 aliphatic carbocycles. The average Bonchev–Trinajstić information content (AvgIpc) is 3.20. The molecule has 0 saturated heterocycles. The SMILES string of the molecule is Cc1nn(-c2ccccc2)c2nc(-c3ccc(OCc4ccc(F)cc4)cc3)cc(C(F)(F)F)c12. The van der Waals surface area contributed by atoms with Gasteiger partial charge < -0.3 is 4.74 Å². The van der Waals surface area contributed by atoms with Gasteiger partial charge in [0.15, 0.2) is 5.65 Å². The van der Waals surface area contributed by atoms with Gasteiger partial charge in [0.25, 0.3) is 0 Å². The van der Waals surface area contributed by atoms with Gasteiger partial charge in [-0.1, -0.05) is 30.3 Å². The second-order valence-electron chi connectivity index (χ2n) is 8.02. The zero-order chi connectivity index (χ0) is 24.6. The van der Waals surface area contributed by atoms with Crippen LogP contribution < -0.4 is 4.74 Å². The van der Waals surface area contributed by atoms with Gasteiger partial charge >= 0.3 is 6.18 Å². The Kier molecular flexibility index (Phi) is 5.72. The first-order chi connectivity index (χ1) is 16.8. The number of ether oxygens (including phenoxy) is 1. The molecule has 0 atom stereocenters. The first-order valence-corrected chi connectivity index (χ1v) is 10.8. The molecule has 8 heteroatoms. The van der Waals surface area contributed by atoms with Crippen molar-refractivity contribution in [3.8, 4) is 22.7 Å². The van der Waals surface area contributed by atoms with Crippen LogP contribution in [0, 0.1) is 12.7 Å². The van der Waals surface area contributed by atoms with Crippen molar-refractivity contribution in [2.24, 2.45) is 0 Å². The van der Waals surface area contributed by atoms with E-state index < -0.39 is 11.7 Å². The number of nitrogens with zero attached hydrogens (tertiary/aromatic N) is 3. The van der Waals surface area contributed by atoms with Crippen molar-refractivity contribution in [1.29, 1.82) is 0 Å². The van der Waals surface area contributed by atoms with Gasteiger partial charge in [0, 0.05) is 5.56 Å². The predicted octanol–water partition coefficient (Wildman–Crippen LogP) is 7.13. The van der Waals surface area contributed by atoms with E-state index in [2.05, 4.69) is 10.1 Å². The van der Waals surface area contributed by atoms with Crippen molar-refractivity contribution in [1.82, 2.24) is 14.8 Å². The molecule has 2 aromatic heterocycles. The smallest absolute Gasteiger partial charge is 0.417 e. The lowest BCUT2D eigenvalue weighted by atomic mass is 10.0. The van der Waals surface area contributed by atoms with Crippen LogP contribution in [0.25, 0.3) is 28.0 Å². The number of alkyl halides is 3. The monoisotopic (exact) mass is 477 g/mol. The second-order valence-corrected chi connectivity index (χ2v) is 8.02. The van der Waals surface area contributed by atoms with Crippen LogP contribution in [0.5, 0.6) is 5.75 Å². The zero-order valence-electron chi connectivity index (χ0n) is 18.6. The highest BCUT2D eigenvalue weighted by atomic mass is 19.4. The Morgan fingerprint density at radius 2 is 1.57 bits per heavy atom. The Morgan fingerprint density at radius 1 is 0.886 bits per heavy atom. The lowest BCUT2D eigenvalue weighted by Gasteiger charge is -2.12. The molecular weight excluding hydrogens is 458 g/mol. The number of aromatic nitrogens is 3. The third-order valence-electron chi connectivity index (χ3n) is 5.59. The largest absolute Gasteiger partial charge is 0.489 e. The number of pyridine rings is 1. The number of halogens is 4. The molecule has 0 aliphatic heterocycles. The maximum absolute atomic E-state index is 14.0. The van der Waals surface area contributed by atoms with E-state index in [1.807, 2.05) is 6.07 Å². The van der Waals surface area contributed by atoms with Gasteiger partial charge in [0.05, 0.1) is 28.0 Å². The number of rotatable bonds is 5. The lowest BCUT2D eigenvalue weighted by Crippen LogP contribution is -2.08. The molecule has 0 fully saturated rings. The molecule has 5 rings (SSSR count). The molecule has 0 unspecified atom stereocenters. The van der Waals surface area contributed by atoms with Gasteiger partial charge in [-0.3, -0.25) is 0 Å². The number of hydrogen-bond donors (Lipinski definition) is 0. The van der Waals surface area contributed by atoms with E-state index in [0.717, 1.165) is 11.6 Å². The highest BCUT2D eigenvalue weighted by Gasteiger charge is 2.35. The fraction of sp³-hybridized carbons (Fsp3) is 0.111. The molecule has 4 nitrogen and oxygen atoms in total. The predicted molar refractivity (Wildman–Crippen MR) is 125 cm³/mol. The fourth-order valence-corrected chi connectivity index (χ4v) is 3.88. The van der Waals surface area contributed by atoms with E-state index in [0.29, 0.717) is 17.0 Å². The van der Waals surface area contributed by atoms with E-state index in [4.69, 9.17) is 4.74 Å². The van der Waals surface area contributed by atoms with E-state index >= 15 is 0 Å². The van der Waals surface area contributed by atoms with Crippen molar-refractivity contribution < 1.29 is 22.3 Å². The first-order valence-electron chi connectivity index (χ1n) is 10.8. The molecule has 35 heavy (non-hydrogen) atoms. The van der Waals surface area contributed by atoms with Crippen LogP contribution in [-0.4, -0.2) is 14.8 Å². The molecule has 0 aliphatic rings. The van der Waals surface area contributed by atoms with E-state index in [1.54, 1.807) is 67.6 Å². The Bertz CT molecular complexity index is 1480. The van der Waals surface area contributed by atoms with E-state index in [-0.39, 0.29) is 34.8 Å². The first kappa shape index (κ1) is 22.6. The normalized spacial score (nSPS) is 11.7. The summed E-state index contributed by atoms with van der Waals surface area (Å²) in [6, 6.07) is 22.6. The second kappa shape index (κ2) is 8.87. The average molecular weight is 477 g/mol. The summed E-state index contributed by atoms with van der Waals surface area (Å²) in [4.78, 5) is 4.57. The summed E-state index contributed by atoms with van der Waals surface area (Å²) in [5.41, 5.74) is 1.69. The highest BCUT2D eigenvalue weighted by Crippen LogP contribution is 2.38. The Labute approximate surface area is 198 Å². The molecule has 176 valence electrons. The Balaban J connectivity index is 1.53. The Hall–Kier alpha value is -4.20. The van der Waals surface area contributed by atoms with Gasteiger partial charge in [-0.15, -0.1) is 0 Å². The van der Waals surface area contributed by atoms with Gasteiger partial charge in [-0.25, -0.2) is 14.1 Å². The van der Waals surface area contributed by atoms with E-state index in [9.17, 15) is 17.6 Å². The summed E-state index contributed by atoms with van der Waals surface area (Å²) in [6.07, 6.45) is -4.58. The van der Waals surface area contributed by atoms with Gasteiger partial charge in [0.1, 0.15) is 18.2 Å². The number of fused-ring (bicyclic) bond motifs is 1. The molecule has 2 heterocycles. The van der Waals surface area contributed by atoms with Gasteiger partial charge in [-0.05, 0) is 67.1 Å². The van der Waals surface area contributed by atoms with Crippen molar-refractivity contribution >= 4 is 11.0 Å². The standard InChI is InChI=1S/C27H19F4N3O/c1-17-25-23(27(29,30)31)15-24(32-26(25)34(33-17)21-5-3-2-4-6-21)19-9-13-22(14-10-19)35-16-18-7-11-20(28)12-8-18/h2-15H,16H2,1H3. The summed E-state index contributed by atoms with van der Waals surface area (Å²) in [7, 11) is 0. The molecule has 0 radical (unpaired) electrons. The zero-order valence-corrected chi connectivity index (χ0v) is 18.6. The molecule has 0 amide bonds. The third-order valence-corrected chi connectivity index (χ3v) is 5.59. The summed E-state index contributed by atoms with van der Waals surface area (Å²) in [5, 5.41) is 4.33. The number of hydrogen-bond acceptors (Lipinski definition) is 3. The fourth-order valence-electron chi connectivity index (χ4n) is 3.88. The van der Waals surface area contributed by atoms with Crippen molar-refractivity contribution in [2.75, 3.05) is 0 Å². The molecule has 0 N–H and O–H groups in total. The van der Waals surface area contributed by atoms with Crippen molar-refractivity contribution in [2.45, 2.75) is 19.7 Å². The van der Waals surface area contributed by atoms with Crippen LogP contribution in [0.3, 0.4) is 0 Å². The van der Waals surface area contributed by atoms with Crippen LogP contribution in [0.4, 0.5) is 17.6 Å². The molecular formula is C27H19F4N3O. The maximum atomic E-state index is 14.0. The summed E-state index contributed by atoms with van der Waals surface area (Å²) >= 11 is 0. The number of para-hydroxylation sites is 1. The van der Waals surface area contributed by atoms with E-state index in [1.165, 1.54) is 16.8 Å². The maximum Gasteiger partial charge on any atom is 0.417 e. The summed E-state index contributed by atoms with van der Waals surface area (Å²) in [5.74, 6) is 0.199. The molecule has 0 spiro atoms. The third kappa shape index (κ3) is 4.59. The minimum absolute atomic E-state index is 0.0237. The van der Waals surface area contributed by atoms with Gasteiger partial charge in [0.2, 0.25) is 0 Å². The Morgan fingerprint density at radius 3 is 2.23 bits per heavy atom.